The van der Waals surface area contributed by atoms with Crippen molar-refractivity contribution in [2.75, 3.05) is 0 Å². The van der Waals surface area contributed by atoms with Crippen molar-refractivity contribution in [3.63, 3.8) is 0 Å². The maximum absolute atomic E-state index is 11.5. The van der Waals surface area contributed by atoms with E-state index in [0.29, 0.717) is 25.2 Å². The number of hydrogen-bond acceptors (Lipinski definition) is 6. The average Bonchev–Trinajstić information content (AvgIpc) is 2.57. The SMILES string of the molecule is CC(=O)O[C@H]1/C=C(\C)CC[C@H](O)[C@@](C)(N=C=S)CC[C@@H](C(C)C)/C=C/[C@@](C)(O)C1. The third-order valence-corrected chi connectivity index (χ3v) is 5.87. The maximum Gasteiger partial charge on any atom is 0.303 e. The Labute approximate surface area is 181 Å². The first kappa shape index (κ1) is 25.7. The monoisotopic (exact) mass is 423 g/mol. The van der Waals surface area contributed by atoms with Crippen LogP contribution >= 0.6 is 12.2 Å². The normalized spacial score (nSPS) is 37.6. The van der Waals surface area contributed by atoms with Gasteiger partial charge in [0, 0.05) is 13.3 Å². The zero-order chi connectivity index (χ0) is 22.2. The number of allylic oxidation sites excluding steroid dienone is 2. The second kappa shape index (κ2) is 11.2. The first-order valence-corrected chi connectivity index (χ1v) is 10.8. The first-order valence-electron chi connectivity index (χ1n) is 10.4. The lowest BCUT2D eigenvalue weighted by molar-refractivity contribution is -0.145. The number of aliphatic imine (C=N–C) groups is 1. The van der Waals surface area contributed by atoms with Gasteiger partial charge in [-0.3, -0.25) is 4.79 Å². The molecule has 0 saturated carbocycles. The Morgan fingerprint density at radius 1 is 1.38 bits per heavy atom. The van der Waals surface area contributed by atoms with Gasteiger partial charge in [0.15, 0.2) is 0 Å². The number of hydrogen-bond donors (Lipinski definition) is 2. The third kappa shape index (κ3) is 8.91. The second-order valence-corrected chi connectivity index (χ2v) is 9.33. The predicted octanol–water partition coefficient (Wildman–Crippen LogP) is 4.63. The molecule has 0 unspecified atom stereocenters. The number of aliphatic hydroxyl groups excluding tert-OH is 1. The minimum Gasteiger partial charge on any atom is -0.458 e. The fourth-order valence-electron chi connectivity index (χ4n) is 3.74. The summed E-state index contributed by atoms with van der Waals surface area (Å²) in [6, 6.07) is 0. The zero-order valence-corrected chi connectivity index (χ0v) is 19.5. The lowest BCUT2D eigenvalue weighted by atomic mass is 9.80. The van der Waals surface area contributed by atoms with Crippen LogP contribution in [0.3, 0.4) is 0 Å². The van der Waals surface area contributed by atoms with Crippen LogP contribution in [0.1, 0.15) is 73.6 Å². The Balaban J connectivity index is 3.30. The van der Waals surface area contributed by atoms with Crippen LogP contribution in [0.2, 0.25) is 0 Å². The fourth-order valence-corrected chi connectivity index (χ4v) is 3.95. The molecule has 0 bridgehead atoms. The highest BCUT2D eigenvalue weighted by Crippen LogP contribution is 2.32. The van der Waals surface area contributed by atoms with Gasteiger partial charge in [-0.05, 0) is 76.6 Å². The van der Waals surface area contributed by atoms with E-state index in [4.69, 9.17) is 17.0 Å². The fraction of sp³-hybridized carbons (Fsp3) is 0.739. The molecule has 0 spiro atoms. The molecule has 0 aromatic rings. The second-order valence-electron chi connectivity index (χ2n) is 9.14. The number of nitrogens with zero attached hydrogens (tertiary/aromatic N) is 1. The van der Waals surface area contributed by atoms with E-state index in [1.54, 1.807) is 13.0 Å². The highest BCUT2D eigenvalue weighted by atomic mass is 32.1. The number of isothiocyanates is 1. The molecule has 0 amide bonds. The van der Waals surface area contributed by atoms with E-state index in [9.17, 15) is 15.0 Å². The first-order chi connectivity index (χ1) is 13.4. The molecule has 0 aromatic heterocycles. The molecular formula is C23H37NO4S. The number of esters is 1. The minimum atomic E-state index is -1.11. The highest BCUT2D eigenvalue weighted by Gasteiger charge is 2.33. The molecule has 5 atom stereocenters. The lowest BCUT2D eigenvalue weighted by Crippen LogP contribution is -2.38. The van der Waals surface area contributed by atoms with E-state index in [-0.39, 0.29) is 18.3 Å². The van der Waals surface area contributed by atoms with Crippen molar-refractivity contribution in [1.29, 1.82) is 0 Å². The molecule has 1 aliphatic rings. The predicted molar refractivity (Wildman–Crippen MR) is 120 cm³/mol. The summed E-state index contributed by atoms with van der Waals surface area (Å²) in [7, 11) is 0. The quantitative estimate of drug-likeness (QED) is 0.299. The van der Waals surface area contributed by atoms with Crippen molar-refractivity contribution in [3.8, 4) is 0 Å². The molecule has 0 radical (unpaired) electrons. The van der Waals surface area contributed by atoms with Gasteiger partial charge in [0.1, 0.15) is 6.10 Å². The van der Waals surface area contributed by atoms with Crippen molar-refractivity contribution in [1.82, 2.24) is 0 Å². The Morgan fingerprint density at radius 2 is 2.03 bits per heavy atom. The van der Waals surface area contributed by atoms with Gasteiger partial charge in [-0.2, -0.15) is 0 Å². The van der Waals surface area contributed by atoms with Crippen molar-refractivity contribution >= 4 is 23.3 Å². The molecule has 0 fully saturated rings. The van der Waals surface area contributed by atoms with Gasteiger partial charge < -0.3 is 14.9 Å². The molecule has 6 heteroatoms. The molecule has 0 aromatic carbocycles. The number of carbonyl (C=O) groups excluding carboxylic acids is 1. The van der Waals surface area contributed by atoms with E-state index >= 15 is 0 Å². The molecule has 1 rings (SSSR count). The summed E-state index contributed by atoms with van der Waals surface area (Å²) in [6.07, 6.45) is 7.42. The van der Waals surface area contributed by atoms with Crippen LogP contribution in [0.4, 0.5) is 0 Å². The van der Waals surface area contributed by atoms with Crippen LogP contribution in [0.5, 0.6) is 0 Å². The standard InChI is InChI=1S/C23H37NO4S/c1-16(2)19-9-11-22(5,27)14-20(28-18(4)25)13-17(3)7-8-21(26)23(6,12-10-19)24-15-29/h9,11,13,16,19-21,26-27H,7-8,10,12,14H2,1-6H3/b11-9+,17-13+/t19-,20-,21-,22+,23-/m0/s1. The van der Waals surface area contributed by atoms with Crippen molar-refractivity contribution < 1.29 is 19.7 Å². The van der Waals surface area contributed by atoms with Crippen molar-refractivity contribution in [2.24, 2.45) is 16.8 Å². The van der Waals surface area contributed by atoms with Crippen LogP contribution in [-0.4, -0.2) is 44.7 Å². The molecule has 1 aliphatic carbocycles. The Hall–Kier alpha value is -1.33. The average molecular weight is 424 g/mol. The summed E-state index contributed by atoms with van der Waals surface area (Å²) < 4.78 is 5.42. The van der Waals surface area contributed by atoms with Gasteiger partial charge >= 0.3 is 5.97 Å². The molecular weight excluding hydrogens is 386 g/mol. The largest absolute Gasteiger partial charge is 0.458 e. The number of ether oxygens (including phenoxy) is 1. The van der Waals surface area contributed by atoms with Crippen LogP contribution in [0, 0.1) is 11.8 Å². The minimum absolute atomic E-state index is 0.209. The maximum atomic E-state index is 11.5. The molecule has 29 heavy (non-hydrogen) atoms. The number of carbonyl (C=O) groups is 1. The van der Waals surface area contributed by atoms with Gasteiger partial charge in [0.05, 0.1) is 22.4 Å². The van der Waals surface area contributed by atoms with Gasteiger partial charge in [-0.1, -0.05) is 31.6 Å². The molecule has 0 saturated heterocycles. The van der Waals surface area contributed by atoms with Gasteiger partial charge in [-0.25, -0.2) is 4.99 Å². The zero-order valence-electron chi connectivity index (χ0n) is 18.6. The Kier molecular flexibility index (Phi) is 9.90. The number of aliphatic hydroxyl groups is 2. The van der Waals surface area contributed by atoms with E-state index in [2.05, 4.69) is 24.0 Å². The molecule has 0 heterocycles. The van der Waals surface area contributed by atoms with Gasteiger partial charge in [-0.15, -0.1) is 0 Å². The summed E-state index contributed by atoms with van der Waals surface area (Å²) in [5, 5.41) is 24.2. The van der Waals surface area contributed by atoms with Crippen LogP contribution in [0.25, 0.3) is 0 Å². The van der Waals surface area contributed by atoms with E-state index in [0.717, 1.165) is 12.0 Å². The molecule has 0 aliphatic heterocycles. The smallest absolute Gasteiger partial charge is 0.303 e. The van der Waals surface area contributed by atoms with Gasteiger partial charge in [0.25, 0.3) is 0 Å². The van der Waals surface area contributed by atoms with Gasteiger partial charge in [0.2, 0.25) is 0 Å². The van der Waals surface area contributed by atoms with E-state index in [1.165, 1.54) is 6.92 Å². The van der Waals surface area contributed by atoms with Crippen LogP contribution < -0.4 is 0 Å². The summed E-state index contributed by atoms with van der Waals surface area (Å²) in [5.74, 6) is 0.183. The van der Waals surface area contributed by atoms with E-state index in [1.807, 2.05) is 26.0 Å². The highest BCUT2D eigenvalue weighted by molar-refractivity contribution is 7.78. The molecule has 5 nitrogen and oxygen atoms in total. The topological polar surface area (TPSA) is 79.1 Å². The Morgan fingerprint density at radius 3 is 2.59 bits per heavy atom. The number of rotatable bonds is 3. The number of thiocarbonyl (C=S) groups is 1. The summed E-state index contributed by atoms with van der Waals surface area (Å²) in [5.41, 5.74) is -0.824. The van der Waals surface area contributed by atoms with Crippen molar-refractivity contribution in [2.45, 2.75) is 97.0 Å². The Bertz CT molecular complexity index is 664. The lowest BCUT2D eigenvalue weighted by Gasteiger charge is -2.32. The summed E-state index contributed by atoms with van der Waals surface area (Å²) in [4.78, 5) is 15.9. The van der Waals surface area contributed by atoms with Crippen LogP contribution in [0.15, 0.2) is 28.8 Å². The third-order valence-electron chi connectivity index (χ3n) is 5.78. The van der Waals surface area contributed by atoms with E-state index < -0.39 is 23.3 Å². The summed E-state index contributed by atoms with van der Waals surface area (Å²) >= 11 is 4.84. The summed E-state index contributed by atoms with van der Waals surface area (Å²) in [6.45, 7) is 11.2. The van der Waals surface area contributed by atoms with Crippen LogP contribution in [-0.2, 0) is 9.53 Å². The molecule has 164 valence electrons. The molecule has 2 N–H and O–H groups in total. The van der Waals surface area contributed by atoms with Crippen molar-refractivity contribution in [3.05, 3.63) is 23.8 Å².